The van der Waals surface area contributed by atoms with Crippen molar-refractivity contribution in [3.63, 3.8) is 0 Å². The molecule has 0 atom stereocenters. The zero-order valence-electron chi connectivity index (χ0n) is 12.0. The summed E-state index contributed by atoms with van der Waals surface area (Å²) in [5.74, 6) is 1.69. The predicted octanol–water partition coefficient (Wildman–Crippen LogP) is 3.26. The first-order chi connectivity index (χ1) is 10.3. The van der Waals surface area contributed by atoms with Gasteiger partial charge in [0.1, 0.15) is 16.3 Å². The second kappa shape index (κ2) is 5.24. The molecule has 0 spiro atoms. The minimum atomic E-state index is 0.517. The molecule has 0 amide bonds. The molecule has 0 unspecified atom stereocenters. The number of aryl methyl sites for hydroxylation is 1. The number of nitrogens with one attached hydrogen (secondary N) is 1. The summed E-state index contributed by atoms with van der Waals surface area (Å²) in [6.45, 7) is 4.29. The highest BCUT2D eigenvalue weighted by Gasteiger charge is 2.24. The lowest BCUT2D eigenvalue weighted by Gasteiger charge is -2.22. The van der Waals surface area contributed by atoms with Crippen LogP contribution in [0.1, 0.15) is 29.5 Å². The molecule has 21 heavy (non-hydrogen) atoms. The number of hydrogen-bond acceptors (Lipinski definition) is 4. The van der Waals surface area contributed by atoms with Crippen LogP contribution in [0.2, 0.25) is 0 Å². The molecule has 0 radical (unpaired) electrons. The number of aromatic nitrogens is 3. The second-order valence-electron chi connectivity index (χ2n) is 5.56. The number of fused-ring (bicyclic) bond motifs is 1. The average Bonchev–Trinajstić information content (AvgIpc) is 3.11. The summed E-state index contributed by atoms with van der Waals surface area (Å²) in [5.41, 5.74) is 1.98. The summed E-state index contributed by atoms with van der Waals surface area (Å²) < 4.78 is 2.27. The van der Waals surface area contributed by atoms with Crippen molar-refractivity contribution >= 4 is 22.5 Å². The minimum absolute atomic E-state index is 0.517. The Kier molecular flexibility index (Phi) is 3.24. The lowest BCUT2D eigenvalue weighted by Crippen LogP contribution is -2.27. The first kappa shape index (κ1) is 13.0. The normalized spacial score (nSPS) is 16.6. The van der Waals surface area contributed by atoms with Gasteiger partial charge in [0, 0.05) is 17.0 Å². The van der Waals surface area contributed by atoms with Crippen LogP contribution in [0, 0.1) is 6.92 Å². The zero-order chi connectivity index (χ0) is 14.2. The van der Waals surface area contributed by atoms with Gasteiger partial charge in [-0.3, -0.25) is 4.57 Å². The van der Waals surface area contributed by atoms with Gasteiger partial charge in [-0.1, -0.05) is 0 Å². The lowest BCUT2D eigenvalue weighted by atomic mass is 9.97. The standard InChI is InChI=1S/C16H18N4S/c1-11-4-5-14(21-11)20-15(12-6-9-17-10-7-12)19-13-3-2-8-18-16(13)20/h2-5,8,12,17H,6-7,9-10H2,1H3. The van der Waals surface area contributed by atoms with Gasteiger partial charge < -0.3 is 5.32 Å². The molecule has 1 fully saturated rings. The SMILES string of the molecule is Cc1ccc(-n2c(C3CCNCC3)nc3cccnc32)s1. The average molecular weight is 298 g/mol. The van der Waals surface area contributed by atoms with E-state index in [1.807, 2.05) is 12.3 Å². The Hall–Kier alpha value is -1.72. The highest BCUT2D eigenvalue weighted by Crippen LogP contribution is 2.32. The van der Waals surface area contributed by atoms with E-state index in [4.69, 9.17) is 4.98 Å². The quantitative estimate of drug-likeness (QED) is 0.789. The van der Waals surface area contributed by atoms with Crippen LogP contribution in [0.15, 0.2) is 30.5 Å². The van der Waals surface area contributed by atoms with Gasteiger partial charge >= 0.3 is 0 Å². The molecule has 0 aromatic carbocycles. The molecular formula is C16H18N4S. The fourth-order valence-corrected chi connectivity index (χ4v) is 3.92. The second-order valence-corrected chi connectivity index (χ2v) is 6.83. The number of rotatable bonds is 2. The molecule has 108 valence electrons. The van der Waals surface area contributed by atoms with Crippen LogP contribution >= 0.6 is 11.3 Å². The van der Waals surface area contributed by atoms with Gasteiger partial charge in [0.05, 0.1) is 0 Å². The number of imidazole rings is 1. The Morgan fingerprint density at radius 1 is 1.24 bits per heavy atom. The fourth-order valence-electron chi connectivity index (χ4n) is 3.04. The number of piperidine rings is 1. The number of hydrogen-bond donors (Lipinski definition) is 1. The molecule has 0 saturated carbocycles. The maximum absolute atomic E-state index is 4.90. The molecule has 1 aliphatic heterocycles. The lowest BCUT2D eigenvalue weighted by molar-refractivity contribution is 0.443. The van der Waals surface area contributed by atoms with E-state index >= 15 is 0 Å². The van der Waals surface area contributed by atoms with E-state index in [1.165, 1.54) is 15.7 Å². The van der Waals surface area contributed by atoms with Crippen molar-refractivity contribution in [2.75, 3.05) is 13.1 Å². The van der Waals surface area contributed by atoms with Crippen LogP contribution in [0.5, 0.6) is 0 Å². The summed E-state index contributed by atoms with van der Waals surface area (Å²) in [5, 5.41) is 4.66. The van der Waals surface area contributed by atoms with Gasteiger partial charge in [-0.05, 0) is 57.1 Å². The highest BCUT2D eigenvalue weighted by molar-refractivity contribution is 7.14. The number of pyridine rings is 1. The van der Waals surface area contributed by atoms with Crippen molar-refractivity contribution in [3.05, 3.63) is 41.2 Å². The molecule has 1 N–H and O–H groups in total. The monoisotopic (exact) mass is 298 g/mol. The van der Waals surface area contributed by atoms with Crippen molar-refractivity contribution in [2.24, 2.45) is 0 Å². The van der Waals surface area contributed by atoms with Gasteiger partial charge in [-0.15, -0.1) is 11.3 Å². The van der Waals surface area contributed by atoms with Gasteiger partial charge in [0.25, 0.3) is 0 Å². The van der Waals surface area contributed by atoms with Crippen LogP contribution in [0.4, 0.5) is 0 Å². The molecule has 4 nitrogen and oxygen atoms in total. The van der Waals surface area contributed by atoms with E-state index in [-0.39, 0.29) is 0 Å². The van der Waals surface area contributed by atoms with Gasteiger partial charge in [-0.2, -0.15) is 0 Å². The Bertz CT molecular complexity index is 768. The minimum Gasteiger partial charge on any atom is -0.317 e. The smallest absolute Gasteiger partial charge is 0.165 e. The molecule has 4 heterocycles. The molecule has 5 heteroatoms. The maximum Gasteiger partial charge on any atom is 0.165 e. The van der Waals surface area contributed by atoms with Crippen molar-refractivity contribution < 1.29 is 0 Å². The molecular weight excluding hydrogens is 280 g/mol. The summed E-state index contributed by atoms with van der Waals surface area (Å²) in [6, 6.07) is 8.37. The third kappa shape index (κ3) is 2.26. The maximum atomic E-state index is 4.90. The number of thiophene rings is 1. The molecule has 1 aliphatic rings. The summed E-state index contributed by atoms with van der Waals surface area (Å²) in [6.07, 6.45) is 4.15. The van der Waals surface area contributed by atoms with Crippen molar-refractivity contribution in [1.29, 1.82) is 0 Å². The zero-order valence-corrected chi connectivity index (χ0v) is 12.9. The van der Waals surface area contributed by atoms with Crippen LogP contribution in [0.25, 0.3) is 16.2 Å². The Balaban J connectivity index is 1.92. The van der Waals surface area contributed by atoms with E-state index in [1.54, 1.807) is 11.3 Å². The van der Waals surface area contributed by atoms with Crippen LogP contribution in [0.3, 0.4) is 0 Å². The van der Waals surface area contributed by atoms with Crippen LogP contribution in [-0.4, -0.2) is 27.6 Å². The molecule has 3 aromatic rings. The largest absolute Gasteiger partial charge is 0.317 e. The van der Waals surface area contributed by atoms with Crippen molar-refractivity contribution in [1.82, 2.24) is 19.9 Å². The van der Waals surface area contributed by atoms with Crippen molar-refractivity contribution in [2.45, 2.75) is 25.7 Å². The summed E-state index contributed by atoms with van der Waals surface area (Å²) >= 11 is 1.81. The Morgan fingerprint density at radius 2 is 2.10 bits per heavy atom. The van der Waals surface area contributed by atoms with Crippen LogP contribution in [-0.2, 0) is 0 Å². The molecule has 1 saturated heterocycles. The first-order valence-corrected chi connectivity index (χ1v) is 8.25. The van der Waals surface area contributed by atoms with E-state index in [0.29, 0.717) is 5.92 Å². The van der Waals surface area contributed by atoms with Crippen molar-refractivity contribution in [3.8, 4) is 5.00 Å². The molecule has 0 bridgehead atoms. The number of nitrogens with zero attached hydrogens (tertiary/aromatic N) is 3. The third-order valence-corrected chi connectivity index (χ3v) is 5.08. The first-order valence-electron chi connectivity index (χ1n) is 7.44. The molecule has 3 aromatic heterocycles. The van der Waals surface area contributed by atoms with E-state index in [0.717, 1.165) is 37.1 Å². The van der Waals surface area contributed by atoms with Gasteiger partial charge in [0.2, 0.25) is 0 Å². The molecule has 4 rings (SSSR count). The van der Waals surface area contributed by atoms with Gasteiger partial charge in [0.15, 0.2) is 5.65 Å². The third-order valence-electron chi connectivity index (χ3n) is 4.09. The van der Waals surface area contributed by atoms with Gasteiger partial charge in [-0.25, -0.2) is 9.97 Å². The molecule has 0 aliphatic carbocycles. The van der Waals surface area contributed by atoms with E-state index in [9.17, 15) is 0 Å². The Labute approximate surface area is 127 Å². The van der Waals surface area contributed by atoms with E-state index in [2.05, 4.69) is 40.0 Å². The van der Waals surface area contributed by atoms with E-state index < -0.39 is 0 Å². The predicted molar refractivity (Wildman–Crippen MR) is 86.3 cm³/mol. The highest BCUT2D eigenvalue weighted by atomic mass is 32.1. The topological polar surface area (TPSA) is 42.7 Å². The van der Waals surface area contributed by atoms with Crippen LogP contribution < -0.4 is 5.32 Å². The summed E-state index contributed by atoms with van der Waals surface area (Å²) in [4.78, 5) is 10.8. The summed E-state index contributed by atoms with van der Waals surface area (Å²) in [7, 11) is 0. The fraction of sp³-hybridized carbons (Fsp3) is 0.375. The Morgan fingerprint density at radius 3 is 2.86 bits per heavy atom.